The smallest absolute Gasteiger partial charge is 0.309 e. The second kappa shape index (κ2) is 6.48. The molecule has 0 fully saturated rings. The highest BCUT2D eigenvalue weighted by Gasteiger charge is 2.27. The average molecular weight is 226 g/mol. The lowest BCUT2D eigenvalue weighted by Crippen LogP contribution is -2.32. The molecule has 0 aromatic rings. The summed E-state index contributed by atoms with van der Waals surface area (Å²) >= 11 is 0. The third kappa shape index (κ3) is 4.62. The zero-order chi connectivity index (χ0) is 12.8. The van der Waals surface area contributed by atoms with Crippen molar-refractivity contribution in [3.8, 4) is 0 Å². The Morgan fingerprint density at radius 2 is 2.06 bits per heavy atom. The number of aliphatic hydroxyl groups excluding tert-OH is 1. The number of carbonyl (C=O) groups is 1. The molecule has 0 saturated heterocycles. The van der Waals surface area contributed by atoms with Crippen LogP contribution in [0.2, 0.25) is 0 Å². The van der Waals surface area contributed by atoms with Gasteiger partial charge in [0.1, 0.15) is 5.60 Å². The van der Waals surface area contributed by atoms with Gasteiger partial charge in [0.15, 0.2) is 0 Å². The first kappa shape index (κ1) is 14.9. The van der Waals surface area contributed by atoms with Gasteiger partial charge in [-0.2, -0.15) is 0 Å². The van der Waals surface area contributed by atoms with Crippen molar-refractivity contribution in [3.05, 3.63) is 24.3 Å². The maximum Gasteiger partial charge on any atom is 0.309 e. The van der Waals surface area contributed by atoms with E-state index in [0.717, 1.165) is 5.57 Å². The van der Waals surface area contributed by atoms with E-state index in [9.17, 15) is 4.79 Å². The predicted octanol–water partition coefficient (Wildman–Crippen LogP) is 2.46. The van der Waals surface area contributed by atoms with Crippen LogP contribution < -0.4 is 0 Å². The minimum absolute atomic E-state index is 0.0301. The molecule has 0 unspecified atom stereocenters. The minimum atomic E-state index is -0.696. The van der Waals surface area contributed by atoms with E-state index in [1.54, 1.807) is 26.0 Å². The topological polar surface area (TPSA) is 46.5 Å². The zero-order valence-corrected chi connectivity index (χ0v) is 10.6. The third-order valence-corrected chi connectivity index (χ3v) is 2.30. The van der Waals surface area contributed by atoms with Crippen LogP contribution in [0, 0.1) is 5.92 Å². The van der Waals surface area contributed by atoms with Gasteiger partial charge in [0.25, 0.3) is 0 Å². The van der Waals surface area contributed by atoms with E-state index in [2.05, 4.69) is 6.58 Å². The van der Waals surface area contributed by atoms with Crippen molar-refractivity contribution in [1.82, 2.24) is 0 Å². The van der Waals surface area contributed by atoms with Crippen LogP contribution in [0.5, 0.6) is 0 Å². The Morgan fingerprint density at radius 3 is 2.44 bits per heavy atom. The van der Waals surface area contributed by atoms with Gasteiger partial charge >= 0.3 is 5.97 Å². The van der Waals surface area contributed by atoms with E-state index in [1.165, 1.54) is 0 Å². The first-order valence-corrected chi connectivity index (χ1v) is 5.51. The van der Waals surface area contributed by atoms with Crippen LogP contribution in [0.15, 0.2) is 24.3 Å². The first-order valence-electron chi connectivity index (χ1n) is 5.51. The first-order chi connectivity index (χ1) is 7.35. The fourth-order valence-corrected chi connectivity index (χ4v) is 1.28. The van der Waals surface area contributed by atoms with Crippen LogP contribution in [0.1, 0.15) is 34.1 Å². The number of hydrogen-bond donors (Lipinski definition) is 1. The Bertz CT molecular complexity index is 275. The van der Waals surface area contributed by atoms with Gasteiger partial charge < -0.3 is 9.84 Å². The number of carbonyl (C=O) groups excluding carboxylic acids is 1. The number of esters is 1. The summed E-state index contributed by atoms with van der Waals surface area (Å²) in [5.74, 6) is -0.392. The highest BCUT2D eigenvalue weighted by atomic mass is 16.6. The van der Waals surface area contributed by atoms with Crippen molar-refractivity contribution in [2.75, 3.05) is 6.61 Å². The molecule has 0 aliphatic carbocycles. The summed E-state index contributed by atoms with van der Waals surface area (Å²) in [6.07, 6.45) is 3.89. The summed E-state index contributed by atoms with van der Waals surface area (Å²) in [5, 5.41) is 8.95. The lowest BCUT2D eigenvalue weighted by molar-refractivity contribution is -0.157. The maximum absolute atomic E-state index is 11.5. The highest BCUT2D eigenvalue weighted by molar-refractivity contribution is 5.72. The lowest BCUT2D eigenvalue weighted by Gasteiger charge is -2.29. The molecule has 0 aliphatic rings. The van der Waals surface area contributed by atoms with Crippen molar-refractivity contribution in [3.63, 3.8) is 0 Å². The molecule has 16 heavy (non-hydrogen) atoms. The highest BCUT2D eigenvalue weighted by Crippen LogP contribution is 2.25. The second-order valence-corrected chi connectivity index (χ2v) is 4.49. The molecule has 0 aromatic carbocycles. The molecule has 3 heteroatoms. The molecule has 0 rings (SSSR count). The van der Waals surface area contributed by atoms with E-state index in [4.69, 9.17) is 9.84 Å². The van der Waals surface area contributed by atoms with Crippen LogP contribution in [-0.4, -0.2) is 23.3 Å². The van der Waals surface area contributed by atoms with E-state index in [-0.39, 0.29) is 18.5 Å². The number of aliphatic hydroxyl groups is 1. The number of hydrogen-bond acceptors (Lipinski definition) is 3. The molecule has 3 nitrogen and oxygen atoms in total. The summed E-state index contributed by atoms with van der Waals surface area (Å²) in [6, 6.07) is 0. The molecular formula is C13H22O3. The number of allylic oxidation sites excluding steroid dienone is 2. The van der Waals surface area contributed by atoms with Gasteiger partial charge in [0.05, 0.1) is 5.92 Å². The van der Waals surface area contributed by atoms with Crippen LogP contribution in [0.25, 0.3) is 0 Å². The molecule has 0 radical (unpaired) electrons. The van der Waals surface area contributed by atoms with Gasteiger partial charge in [-0.25, -0.2) is 0 Å². The Morgan fingerprint density at radius 1 is 1.50 bits per heavy atom. The molecule has 0 spiro atoms. The molecule has 0 heterocycles. The van der Waals surface area contributed by atoms with Crippen LogP contribution in [-0.2, 0) is 9.53 Å². The zero-order valence-electron chi connectivity index (χ0n) is 10.6. The van der Waals surface area contributed by atoms with E-state index >= 15 is 0 Å². The average Bonchev–Trinajstić information content (AvgIpc) is 2.16. The third-order valence-electron chi connectivity index (χ3n) is 2.30. The molecule has 0 atom stereocenters. The van der Waals surface area contributed by atoms with Gasteiger partial charge in [0, 0.05) is 6.61 Å². The quantitative estimate of drug-likeness (QED) is 0.559. The molecule has 0 aromatic heterocycles. The Labute approximate surface area is 97.8 Å². The monoisotopic (exact) mass is 226 g/mol. The fraction of sp³-hybridized carbons (Fsp3) is 0.615. The van der Waals surface area contributed by atoms with Gasteiger partial charge in [-0.3, -0.25) is 4.79 Å². The van der Waals surface area contributed by atoms with Crippen molar-refractivity contribution >= 4 is 5.97 Å². The van der Waals surface area contributed by atoms with Crippen molar-refractivity contribution in [1.29, 1.82) is 0 Å². The van der Waals surface area contributed by atoms with E-state index < -0.39 is 5.60 Å². The lowest BCUT2D eigenvalue weighted by atomic mass is 9.94. The van der Waals surface area contributed by atoms with Gasteiger partial charge in [-0.15, -0.1) is 0 Å². The molecule has 1 N–H and O–H groups in total. The molecule has 0 amide bonds. The molecular weight excluding hydrogens is 204 g/mol. The molecule has 0 bridgehead atoms. The van der Waals surface area contributed by atoms with Crippen LogP contribution >= 0.6 is 0 Å². The summed E-state index contributed by atoms with van der Waals surface area (Å²) < 4.78 is 5.40. The Balaban J connectivity index is 4.78. The number of rotatable bonds is 6. The summed E-state index contributed by atoms with van der Waals surface area (Å²) in [5.41, 5.74) is 0.164. The van der Waals surface area contributed by atoms with Gasteiger partial charge in [-0.1, -0.05) is 32.6 Å². The van der Waals surface area contributed by atoms with E-state index in [1.807, 2.05) is 13.8 Å². The van der Waals surface area contributed by atoms with Gasteiger partial charge in [-0.05, 0) is 25.8 Å². The molecule has 0 aliphatic heterocycles. The summed E-state index contributed by atoms with van der Waals surface area (Å²) in [4.78, 5) is 11.5. The fourth-order valence-electron chi connectivity index (χ4n) is 1.28. The van der Waals surface area contributed by atoms with Crippen molar-refractivity contribution < 1.29 is 14.6 Å². The second-order valence-electron chi connectivity index (χ2n) is 4.49. The normalized spacial score (nSPS) is 12.8. The number of ether oxygens (including phenoxy) is 1. The SMILES string of the molecule is C=C/C=C(/CCO)C(C)(C)OC(=O)C(C)C. The Hall–Kier alpha value is -1.09. The summed E-state index contributed by atoms with van der Waals surface area (Å²) in [6.45, 7) is 10.9. The van der Waals surface area contributed by atoms with Crippen molar-refractivity contribution in [2.24, 2.45) is 5.92 Å². The summed E-state index contributed by atoms with van der Waals surface area (Å²) in [7, 11) is 0. The van der Waals surface area contributed by atoms with Gasteiger partial charge in [0.2, 0.25) is 0 Å². The largest absolute Gasteiger partial charge is 0.455 e. The minimum Gasteiger partial charge on any atom is -0.455 e. The Kier molecular flexibility index (Phi) is 6.04. The van der Waals surface area contributed by atoms with Crippen molar-refractivity contribution in [2.45, 2.75) is 39.7 Å². The molecule has 0 saturated carbocycles. The standard InChI is InChI=1S/C13H22O3/c1-6-7-11(8-9-14)13(4,5)16-12(15)10(2)3/h6-7,10,14H,1,8-9H2,2-5H3/b11-7-. The molecule has 92 valence electrons. The predicted molar refractivity (Wildman–Crippen MR) is 65.0 cm³/mol. The van der Waals surface area contributed by atoms with E-state index in [0.29, 0.717) is 6.42 Å². The maximum atomic E-state index is 11.5. The van der Waals surface area contributed by atoms with Crippen LogP contribution in [0.4, 0.5) is 0 Å². The van der Waals surface area contributed by atoms with Crippen LogP contribution in [0.3, 0.4) is 0 Å².